The summed E-state index contributed by atoms with van der Waals surface area (Å²) in [6, 6.07) is 7.84. The van der Waals surface area contributed by atoms with E-state index in [0.29, 0.717) is 5.92 Å². The van der Waals surface area contributed by atoms with Gasteiger partial charge in [0.05, 0.1) is 12.7 Å². The van der Waals surface area contributed by atoms with E-state index in [1.807, 2.05) is 31.2 Å². The van der Waals surface area contributed by atoms with Gasteiger partial charge in [-0.3, -0.25) is 0 Å². The summed E-state index contributed by atoms with van der Waals surface area (Å²) in [4.78, 5) is 0. The first-order valence-electron chi connectivity index (χ1n) is 6.71. The molecular weight excluding hydrogens is 212 g/mol. The maximum absolute atomic E-state index is 9.92. The lowest BCUT2D eigenvalue weighted by molar-refractivity contribution is 0.164. The molecular formula is C15H22O2. The summed E-state index contributed by atoms with van der Waals surface area (Å²) < 4.78 is 5.88. The van der Waals surface area contributed by atoms with Crippen LogP contribution in [0, 0.1) is 5.92 Å². The molecule has 1 fully saturated rings. The van der Waals surface area contributed by atoms with Crippen molar-refractivity contribution in [2.45, 2.75) is 45.1 Å². The fourth-order valence-electron chi connectivity index (χ4n) is 2.49. The zero-order chi connectivity index (χ0) is 12.1. The molecule has 0 spiro atoms. The van der Waals surface area contributed by atoms with Gasteiger partial charge in [0, 0.05) is 5.56 Å². The van der Waals surface area contributed by atoms with E-state index < -0.39 is 6.10 Å². The summed E-state index contributed by atoms with van der Waals surface area (Å²) in [7, 11) is 0. The summed E-state index contributed by atoms with van der Waals surface area (Å²) in [5.41, 5.74) is 0.924. The fraction of sp³-hybridized carbons (Fsp3) is 0.600. The number of hydrogen-bond acceptors (Lipinski definition) is 2. The molecule has 0 amide bonds. The average molecular weight is 234 g/mol. The number of benzene rings is 1. The summed E-state index contributed by atoms with van der Waals surface area (Å²) in [6.07, 6.45) is 5.58. The van der Waals surface area contributed by atoms with E-state index in [2.05, 4.69) is 0 Å². The van der Waals surface area contributed by atoms with Gasteiger partial charge in [-0.1, -0.05) is 38.0 Å². The Balaban J connectivity index is 1.98. The molecule has 0 saturated heterocycles. The molecule has 0 heterocycles. The van der Waals surface area contributed by atoms with Crippen LogP contribution < -0.4 is 4.74 Å². The van der Waals surface area contributed by atoms with Crippen molar-refractivity contribution < 1.29 is 9.84 Å². The van der Waals surface area contributed by atoms with Gasteiger partial charge in [-0.2, -0.15) is 0 Å². The van der Waals surface area contributed by atoms with E-state index in [0.717, 1.165) is 24.3 Å². The lowest BCUT2D eigenvalue weighted by Crippen LogP contribution is -2.10. The van der Waals surface area contributed by atoms with E-state index in [1.54, 1.807) is 0 Å². The quantitative estimate of drug-likeness (QED) is 0.841. The summed E-state index contributed by atoms with van der Waals surface area (Å²) in [5.74, 6) is 1.57. The molecule has 0 aliphatic heterocycles. The molecule has 1 aliphatic carbocycles. The second kappa shape index (κ2) is 6.06. The Morgan fingerprint density at radius 3 is 2.71 bits per heavy atom. The van der Waals surface area contributed by atoms with Crippen molar-refractivity contribution in [2.75, 3.05) is 6.61 Å². The zero-order valence-electron chi connectivity index (χ0n) is 10.6. The Kier molecular flexibility index (Phi) is 4.43. The maximum Gasteiger partial charge on any atom is 0.125 e. The highest BCUT2D eigenvalue weighted by atomic mass is 16.5. The molecule has 1 aromatic rings. The summed E-state index contributed by atoms with van der Waals surface area (Å²) in [6.45, 7) is 2.78. The molecule has 17 heavy (non-hydrogen) atoms. The first kappa shape index (κ1) is 12.4. The minimum Gasteiger partial charge on any atom is -0.493 e. The number of rotatable bonds is 5. The van der Waals surface area contributed by atoms with Gasteiger partial charge in [0.15, 0.2) is 0 Å². The Hall–Kier alpha value is -1.02. The monoisotopic (exact) mass is 234 g/mol. The summed E-state index contributed by atoms with van der Waals surface area (Å²) >= 11 is 0. The molecule has 1 N–H and O–H groups in total. The number of aliphatic hydroxyl groups excluding tert-OH is 1. The third kappa shape index (κ3) is 3.22. The van der Waals surface area contributed by atoms with Crippen molar-refractivity contribution >= 4 is 0 Å². The molecule has 2 nitrogen and oxygen atoms in total. The van der Waals surface area contributed by atoms with Gasteiger partial charge in [-0.25, -0.2) is 0 Å². The largest absolute Gasteiger partial charge is 0.493 e. The van der Waals surface area contributed by atoms with Crippen molar-refractivity contribution in [2.24, 2.45) is 5.92 Å². The van der Waals surface area contributed by atoms with Crippen molar-refractivity contribution in [3.8, 4) is 5.75 Å². The lowest BCUT2D eigenvalue weighted by atomic mass is 10.1. The zero-order valence-corrected chi connectivity index (χ0v) is 10.6. The molecule has 1 aromatic carbocycles. The van der Waals surface area contributed by atoms with E-state index in [1.165, 1.54) is 25.7 Å². The van der Waals surface area contributed by atoms with Gasteiger partial charge in [0.1, 0.15) is 5.75 Å². The van der Waals surface area contributed by atoms with Gasteiger partial charge < -0.3 is 9.84 Å². The first-order chi connectivity index (χ1) is 8.31. The molecule has 0 aromatic heterocycles. The van der Waals surface area contributed by atoms with Crippen LogP contribution >= 0.6 is 0 Å². The molecule has 1 saturated carbocycles. The SMILES string of the molecule is CC[C@H](O)c1ccccc1OCC1CCCC1. The average Bonchev–Trinajstić information content (AvgIpc) is 2.89. The molecule has 94 valence electrons. The van der Waals surface area contributed by atoms with Gasteiger partial charge in [0.2, 0.25) is 0 Å². The maximum atomic E-state index is 9.92. The van der Waals surface area contributed by atoms with Crippen LogP contribution in [-0.2, 0) is 0 Å². The molecule has 2 heteroatoms. The third-order valence-corrected chi connectivity index (χ3v) is 3.61. The van der Waals surface area contributed by atoms with Crippen molar-refractivity contribution in [3.05, 3.63) is 29.8 Å². The van der Waals surface area contributed by atoms with Crippen molar-refractivity contribution in [1.82, 2.24) is 0 Å². The fourth-order valence-corrected chi connectivity index (χ4v) is 2.49. The molecule has 0 unspecified atom stereocenters. The highest BCUT2D eigenvalue weighted by molar-refractivity contribution is 5.35. The van der Waals surface area contributed by atoms with Crippen LogP contribution in [0.25, 0.3) is 0 Å². The van der Waals surface area contributed by atoms with E-state index in [9.17, 15) is 5.11 Å². The van der Waals surface area contributed by atoms with Gasteiger partial charge in [0.25, 0.3) is 0 Å². The molecule has 2 rings (SSSR count). The van der Waals surface area contributed by atoms with Crippen LogP contribution in [0.4, 0.5) is 0 Å². The van der Waals surface area contributed by atoms with E-state index in [-0.39, 0.29) is 0 Å². The van der Waals surface area contributed by atoms with E-state index in [4.69, 9.17) is 4.74 Å². The minimum atomic E-state index is -0.408. The molecule has 0 bridgehead atoms. The highest BCUT2D eigenvalue weighted by Crippen LogP contribution is 2.29. The standard InChI is InChI=1S/C15H22O2/c1-2-14(16)13-9-5-6-10-15(13)17-11-12-7-3-4-8-12/h5-6,9-10,12,14,16H,2-4,7-8,11H2,1H3/t14-/m0/s1. The second-order valence-electron chi connectivity index (χ2n) is 4.92. The Labute approximate surface area is 104 Å². The summed E-state index contributed by atoms with van der Waals surface area (Å²) in [5, 5.41) is 9.92. The minimum absolute atomic E-state index is 0.408. The van der Waals surface area contributed by atoms with Crippen LogP contribution in [-0.4, -0.2) is 11.7 Å². The van der Waals surface area contributed by atoms with Crippen LogP contribution in [0.1, 0.15) is 50.7 Å². The van der Waals surface area contributed by atoms with Crippen LogP contribution in [0.5, 0.6) is 5.75 Å². The van der Waals surface area contributed by atoms with Gasteiger partial charge >= 0.3 is 0 Å². The topological polar surface area (TPSA) is 29.5 Å². The van der Waals surface area contributed by atoms with E-state index >= 15 is 0 Å². The smallest absolute Gasteiger partial charge is 0.125 e. The third-order valence-electron chi connectivity index (χ3n) is 3.61. The number of para-hydroxylation sites is 1. The van der Waals surface area contributed by atoms with Crippen LogP contribution in [0.3, 0.4) is 0 Å². The molecule has 1 aliphatic rings. The Bertz CT molecular complexity index is 343. The van der Waals surface area contributed by atoms with Gasteiger partial charge in [-0.05, 0) is 31.2 Å². The molecule has 1 atom stereocenters. The Morgan fingerprint density at radius 2 is 2.00 bits per heavy atom. The number of ether oxygens (including phenoxy) is 1. The predicted octanol–water partition coefficient (Wildman–Crippen LogP) is 3.70. The number of hydrogen-bond donors (Lipinski definition) is 1. The normalized spacial score (nSPS) is 18.2. The second-order valence-corrected chi connectivity index (χ2v) is 4.92. The Morgan fingerprint density at radius 1 is 1.29 bits per heavy atom. The van der Waals surface area contributed by atoms with Crippen LogP contribution in [0.2, 0.25) is 0 Å². The molecule has 0 radical (unpaired) electrons. The lowest BCUT2D eigenvalue weighted by Gasteiger charge is -2.17. The van der Waals surface area contributed by atoms with Crippen molar-refractivity contribution in [1.29, 1.82) is 0 Å². The van der Waals surface area contributed by atoms with Gasteiger partial charge in [-0.15, -0.1) is 0 Å². The van der Waals surface area contributed by atoms with Crippen LogP contribution in [0.15, 0.2) is 24.3 Å². The van der Waals surface area contributed by atoms with Crippen molar-refractivity contribution in [3.63, 3.8) is 0 Å². The highest BCUT2D eigenvalue weighted by Gasteiger charge is 2.17. The first-order valence-corrected chi connectivity index (χ1v) is 6.71. The predicted molar refractivity (Wildman–Crippen MR) is 69.1 cm³/mol. The number of aliphatic hydroxyl groups is 1.